The van der Waals surface area contributed by atoms with Crippen molar-refractivity contribution in [3.05, 3.63) is 23.8 Å². The molecule has 2 rings (SSSR count). The molecule has 0 aromatic carbocycles. The second kappa shape index (κ2) is 2.08. The summed E-state index contributed by atoms with van der Waals surface area (Å²) in [6.07, 6.45) is 9.69. The molecule has 0 bridgehead atoms. The molecule has 0 aliphatic heterocycles. The maximum Gasteiger partial charge on any atom is 0.146 e. The first kappa shape index (κ1) is 5.90. The van der Waals surface area contributed by atoms with E-state index < -0.39 is 0 Å². The molecule has 2 atom stereocenters. The predicted molar refractivity (Wildman–Crippen MR) is 39.5 cm³/mol. The Morgan fingerprint density at radius 3 is 3.20 bits per heavy atom. The van der Waals surface area contributed by atoms with Crippen LogP contribution in [0, 0.1) is 11.8 Å². The Labute approximate surface area is 60.4 Å². The molecule has 0 saturated carbocycles. The van der Waals surface area contributed by atoms with Gasteiger partial charge in [0.25, 0.3) is 0 Å². The molecular weight excluding hydrogens is 124 g/mol. The minimum absolute atomic E-state index is 0.470. The average molecular weight is 134 g/mol. The number of carbonyl (C=O) groups is 1. The first-order chi connectivity index (χ1) is 4.92. The lowest BCUT2D eigenvalue weighted by atomic mass is 9.95. The Balaban J connectivity index is 2.24. The van der Waals surface area contributed by atoms with Gasteiger partial charge in [-0.15, -0.1) is 0 Å². The minimum atomic E-state index is 0.470. The van der Waals surface area contributed by atoms with Gasteiger partial charge in [0.05, 0.1) is 0 Å². The Morgan fingerprint density at radius 2 is 2.40 bits per heavy atom. The number of hydrogen-bond acceptors (Lipinski definition) is 1. The topological polar surface area (TPSA) is 17.1 Å². The summed E-state index contributed by atoms with van der Waals surface area (Å²) in [4.78, 5) is 10.4. The fourth-order valence-electron chi connectivity index (χ4n) is 1.88. The highest BCUT2D eigenvalue weighted by atomic mass is 16.1. The van der Waals surface area contributed by atoms with Crippen LogP contribution in [0.5, 0.6) is 0 Å². The zero-order valence-corrected chi connectivity index (χ0v) is 5.79. The summed E-state index contributed by atoms with van der Waals surface area (Å²) in [7, 11) is 0. The molecule has 0 spiro atoms. The molecule has 52 valence electrons. The van der Waals surface area contributed by atoms with Crippen molar-refractivity contribution in [2.45, 2.75) is 12.8 Å². The van der Waals surface area contributed by atoms with Crippen molar-refractivity contribution in [2.24, 2.45) is 11.8 Å². The van der Waals surface area contributed by atoms with Crippen LogP contribution in [-0.2, 0) is 4.79 Å². The van der Waals surface area contributed by atoms with E-state index in [2.05, 4.69) is 18.2 Å². The highest BCUT2D eigenvalue weighted by Crippen LogP contribution is 2.38. The molecular formula is C9H10O. The molecule has 0 aromatic rings. The van der Waals surface area contributed by atoms with Crippen LogP contribution in [0.4, 0.5) is 0 Å². The summed E-state index contributed by atoms with van der Waals surface area (Å²) >= 11 is 0. The third-order valence-electron chi connectivity index (χ3n) is 2.47. The van der Waals surface area contributed by atoms with Gasteiger partial charge >= 0.3 is 0 Å². The molecule has 0 saturated heterocycles. The molecule has 0 radical (unpaired) electrons. The second-order valence-corrected chi connectivity index (χ2v) is 3.01. The van der Waals surface area contributed by atoms with Crippen molar-refractivity contribution in [3.8, 4) is 0 Å². The lowest BCUT2D eigenvalue weighted by Crippen LogP contribution is -2.03. The number of carbonyl (C=O) groups excluding carboxylic acids is 1. The average Bonchev–Trinajstić information content (AvgIpc) is 2.44. The van der Waals surface area contributed by atoms with E-state index in [0.29, 0.717) is 5.92 Å². The van der Waals surface area contributed by atoms with Gasteiger partial charge in [-0.25, -0.2) is 0 Å². The van der Waals surface area contributed by atoms with Gasteiger partial charge in [0.2, 0.25) is 0 Å². The molecule has 0 unspecified atom stereocenters. The Hall–Kier alpha value is -0.850. The predicted octanol–water partition coefficient (Wildman–Crippen LogP) is 1.71. The SMILES string of the molecule is O=CC1=CC[C@@H]2CC=C[C@H]12. The Morgan fingerprint density at radius 1 is 1.50 bits per heavy atom. The van der Waals surface area contributed by atoms with E-state index in [1.54, 1.807) is 0 Å². The first-order valence-electron chi connectivity index (χ1n) is 3.73. The van der Waals surface area contributed by atoms with Crippen LogP contribution in [0.15, 0.2) is 23.8 Å². The van der Waals surface area contributed by atoms with E-state index in [0.717, 1.165) is 24.2 Å². The van der Waals surface area contributed by atoms with E-state index in [-0.39, 0.29) is 0 Å². The van der Waals surface area contributed by atoms with E-state index >= 15 is 0 Å². The summed E-state index contributed by atoms with van der Waals surface area (Å²) in [5.41, 5.74) is 0.999. The van der Waals surface area contributed by atoms with Crippen LogP contribution >= 0.6 is 0 Å². The van der Waals surface area contributed by atoms with Gasteiger partial charge in [0.1, 0.15) is 6.29 Å². The van der Waals surface area contributed by atoms with Crippen molar-refractivity contribution in [1.82, 2.24) is 0 Å². The molecule has 0 heterocycles. The monoisotopic (exact) mass is 134 g/mol. The Bertz CT molecular complexity index is 213. The first-order valence-corrected chi connectivity index (χ1v) is 3.73. The maximum atomic E-state index is 10.4. The molecule has 10 heavy (non-hydrogen) atoms. The number of hydrogen-bond donors (Lipinski definition) is 0. The van der Waals surface area contributed by atoms with Crippen molar-refractivity contribution in [3.63, 3.8) is 0 Å². The molecule has 0 fully saturated rings. The third kappa shape index (κ3) is 0.666. The van der Waals surface area contributed by atoms with E-state index in [9.17, 15) is 4.79 Å². The summed E-state index contributed by atoms with van der Waals surface area (Å²) in [6, 6.07) is 0. The van der Waals surface area contributed by atoms with Gasteiger partial charge in [0, 0.05) is 5.92 Å². The van der Waals surface area contributed by atoms with Crippen LogP contribution < -0.4 is 0 Å². The molecule has 1 heteroatoms. The fraction of sp³-hybridized carbons (Fsp3) is 0.444. The van der Waals surface area contributed by atoms with Crippen LogP contribution in [-0.4, -0.2) is 6.29 Å². The van der Waals surface area contributed by atoms with Crippen molar-refractivity contribution in [2.75, 3.05) is 0 Å². The standard InChI is InChI=1S/C9H10O/c10-6-8-5-4-7-2-1-3-9(7)8/h1,3,5-7,9H,2,4H2/t7-,9-/m0/s1. The molecule has 0 amide bonds. The number of rotatable bonds is 1. The number of allylic oxidation sites excluding steroid dienone is 4. The third-order valence-corrected chi connectivity index (χ3v) is 2.47. The summed E-state index contributed by atoms with van der Waals surface area (Å²) in [6.45, 7) is 0. The highest BCUT2D eigenvalue weighted by molar-refractivity contribution is 5.76. The Kier molecular flexibility index (Phi) is 1.23. The smallest absolute Gasteiger partial charge is 0.146 e. The van der Waals surface area contributed by atoms with E-state index in [4.69, 9.17) is 0 Å². The second-order valence-electron chi connectivity index (χ2n) is 3.01. The lowest BCUT2D eigenvalue weighted by molar-refractivity contribution is -0.105. The van der Waals surface area contributed by atoms with E-state index in [1.807, 2.05) is 0 Å². The largest absolute Gasteiger partial charge is 0.298 e. The van der Waals surface area contributed by atoms with Gasteiger partial charge in [0.15, 0.2) is 0 Å². The van der Waals surface area contributed by atoms with Gasteiger partial charge in [-0.3, -0.25) is 4.79 Å². The molecule has 2 aliphatic carbocycles. The zero-order valence-electron chi connectivity index (χ0n) is 5.79. The highest BCUT2D eigenvalue weighted by Gasteiger charge is 2.29. The maximum absolute atomic E-state index is 10.4. The van der Waals surface area contributed by atoms with Crippen molar-refractivity contribution in [1.29, 1.82) is 0 Å². The van der Waals surface area contributed by atoms with Crippen molar-refractivity contribution >= 4 is 6.29 Å². The molecule has 0 N–H and O–H groups in total. The summed E-state index contributed by atoms with van der Waals surface area (Å²) in [5.74, 6) is 1.19. The van der Waals surface area contributed by atoms with Gasteiger partial charge in [-0.2, -0.15) is 0 Å². The van der Waals surface area contributed by atoms with Crippen LogP contribution in [0.1, 0.15) is 12.8 Å². The number of fused-ring (bicyclic) bond motifs is 1. The van der Waals surface area contributed by atoms with Crippen LogP contribution in [0.2, 0.25) is 0 Å². The summed E-state index contributed by atoms with van der Waals surface area (Å²) in [5, 5.41) is 0. The lowest BCUT2D eigenvalue weighted by Gasteiger charge is -2.08. The zero-order chi connectivity index (χ0) is 6.97. The van der Waals surface area contributed by atoms with Gasteiger partial charge in [-0.05, 0) is 24.3 Å². The van der Waals surface area contributed by atoms with Gasteiger partial charge in [-0.1, -0.05) is 18.2 Å². The van der Waals surface area contributed by atoms with Gasteiger partial charge < -0.3 is 0 Å². The molecule has 2 aliphatic rings. The van der Waals surface area contributed by atoms with E-state index in [1.165, 1.54) is 6.42 Å². The minimum Gasteiger partial charge on any atom is -0.298 e. The fourth-order valence-corrected chi connectivity index (χ4v) is 1.88. The summed E-state index contributed by atoms with van der Waals surface area (Å²) < 4.78 is 0. The quantitative estimate of drug-likeness (QED) is 0.394. The van der Waals surface area contributed by atoms with Crippen LogP contribution in [0.25, 0.3) is 0 Å². The van der Waals surface area contributed by atoms with Crippen LogP contribution in [0.3, 0.4) is 0 Å². The number of aldehydes is 1. The molecule has 1 nitrogen and oxygen atoms in total. The molecule has 0 aromatic heterocycles. The van der Waals surface area contributed by atoms with Crippen molar-refractivity contribution < 1.29 is 4.79 Å². The normalized spacial score (nSPS) is 35.8.